The van der Waals surface area contributed by atoms with Crippen molar-refractivity contribution in [2.75, 3.05) is 27.3 Å². The van der Waals surface area contributed by atoms with E-state index in [1.807, 2.05) is 0 Å². The smallest absolute Gasteiger partial charge is 0.315 e. The van der Waals surface area contributed by atoms with Crippen molar-refractivity contribution >= 4 is 11.9 Å². The van der Waals surface area contributed by atoms with E-state index in [1.165, 1.54) is 18.9 Å². The van der Waals surface area contributed by atoms with Gasteiger partial charge in [-0.15, -0.1) is 0 Å². The zero-order valence-electron chi connectivity index (χ0n) is 8.11. The summed E-state index contributed by atoms with van der Waals surface area (Å²) in [6.45, 7) is 2.19. The van der Waals surface area contributed by atoms with Crippen LogP contribution in [0.3, 0.4) is 0 Å². The van der Waals surface area contributed by atoms with Crippen molar-refractivity contribution in [2.24, 2.45) is 5.92 Å². The van der Waals surface area contributed by atoms with Crippen LogP contribution in [-0.4, -0.2) is 49.2 Å². The van der Waals surface area contributed by atoms with Crippen LogP contribution in [0, 0.1) is 5.92 Å². The van der Waals surface area contributed by atoms with Gasteiger partial charge in [0.1, 0.15) is 5.92 Å². The van der Waals surface area contributed by atoms with Gasteiger partial charge in [0.15, 0.2) is 0 Å². The Hall–Kier alpha value is -1.10. The molecule has 13 heavy (non-hydrogen) atoms. The van der Waals surface area contributed by atoms with Crippen molar-refractivity contribution in [3.8, 4) is 0 Å². The van der Waals surface area contributed by atoms with Gasteiger partial charge in [0.25, 0.3) is 0 Å². The highest BCUT2D eigenvalue weighted by Crippen LogP contribution is 2.00. The number of hydrogen-bond acceptors (Lipinski definition) is 3. The Labute approximate surface area is 77.3 Å². The maximum Gasteiger partial charge on any atom is 0.315 e. The Kier molecular flexibility index (Phi) is 5.06. The van der Waals surface area contributed by atoms with Crippen LogP contribution in [0.5, 0.6) is 0 Å². The molecule has 0 radical (unpaired) electrons. The molecule has 0 aliphatic heterocycles. The van der Waals surface area contributed by atoms with Crippen molar-refractivity contribution in [3.63, 3.8) is 0 Å². The Balaban J connectivity index is 4.01. The van der Waals surface area contributed by atoms with Gasteiger partial charge < -0.3 is 14.7 Å². The fourth-order valence-corrected chi connectivity index (χ4v) is 0.775. The average molecular weight is 189 g/mol. The molecule has 0 fully saturated rings. The van der Waals surface area contributed by atoms with Crippen LogP contribution >= 0.6 is 0 Å². The molecule has 5 heteroatoms. The van der Waals surface area contributed by atoms with Gasteiger partial charge in [-0.2, -0.15) is 0 Å². The summed E-state index contributed by atoms with van der Waals surface area (Å²) >= 11 is 0. The number of carbonyl (C=O) groups excluding carboxylic acids is 1. The molecule has 0 saturated carbocycles. The summed E-state index contributed by atoms with van der Waals surface area (Å²) in [6.07, 6.45) is 0. The predicted octanol–water partition coefficient (Wildman–Crippen LogP) is -0.188. The Morgan fingerprint density at radius 3 is 2.46 bits per heavy atom. The van der Waals surface area contributed by atoms with Gasteiger partial charge in [0.2, 0.25) is 5.91 Å². The second-order valence-corrected chi connectivity index (χ2v) is 2.81. The molecule has 1 N–H and O–H groups in total. The number of rotatable bonds is 5. The molecule has 5 nitrogen and oxygen atoms in total. The lowest BCUT2D eigenvalue weighted by Crippen LogP contribution is -2.37. The van der Waals surface area contributed by atoms with E-state index >= 15 is 0 Å². The quantitative estimate of drug-likeness (QED) is 0.609. The number of ether oxygens (including phenoxy) is 1. The van der Waals surface area contributed by atoms with Gasteiger partial charge in [-0.25, -0.2) is 0 Å². The third-order valence-corrected chi connectivity index (χ3v) is 1.75. The molecule has 1 amide bonds. The van der Waals surface area contributed by atoms with E-state index in [0.717, 1.165) is 0 Å². The van der Waals surface area contributed by atoms with Crippen molar-refractivity contribution in [1.82, 2.24) is 4.90 Å². The molecule has 0 aliphatic carbocycles. The third-order valence-electron chi connectivity index (χ3n) is 1.75. The lowest BCUT2D eigenvalue weighted by molar-refractivity contribution is -0.149. The van der Waals surface area contributed by atoms with Gasteiger partial charge in [-0.05, 0) is 6.92 Å². The number of carboxylic acid groups (broad SMARTS) is 1. The monoisotopic (exact) mass is 189 g/mol. The van der Waals surface area contributed by atoms with Crippen LogP contribution in [-0.2, 0) is 14.3 Å². The standard InChI is InChI=1S/C8H15NO4/c1-6(8(11)12)7(10)9(2)4-5-13-3/h6H,4-5H2,1-3H3,(H,11,12). The minimum Gasteiger partial charge on any atom is -0.481 e. The number of hydrogen-bond donors (Lipinski definition) is 1. The van der Waals surface area contributed by atoms with E-state index in [2.05, 4.69) is 0 Å². The topological polar surface area (TPSA) is 66.8 Å². The molecule has 0 bridgehead atoms. The van der Waals surface area contributed by atoms with Crippen molar-refractivity contribution < 1.29 is 19.4 Å². The highest BCUT2D eigenvalue weighted by molar-refractivity contribution is 5.96. The molecule has 0 aliphatic rings. The Bertz CT molecular complexity index is 193. The second kappa shape index (κ2) is 5.53. The first-order valence-electron chi connectivity index (χ1n) is 3.97. The van der Waals surface area contributed by atoms with E-state index in [-0.39, 0.29) is 0 Å². The first-order valence-corrected chi connectivity index (χ1v) is 3.97. The van der Waals surface area contributed by atoms with Crippen LogP contribution in [0.4, 0.5) is 0 Å². The summed E-state index contributed by atoms with van der Waals surface area (Å²) in [5, 5.41) is 8.55. The van der Waals surface area contributed by atoms with E-state index < -0.39 is 17.8 Å². The molecule has 0 aromatic rings. The zero-order valence-corrected chi connectivity index (χ0v) is 8.11. The van der Waals surface area contributed by atoms with E-state index in [1.54, 1.807) is 7.05 Å². The molecule has 1 unspecified atom stereocenters. The van der Waals surface area contributed by atoms with Gasteiger partial charge in [-0.1, -0.05) is 0 Å². The number of likely N-dealkylation sites (N-methyl/N-ethyl adjacent to an activating group) is 1. The largest absolute Gasteiger partial charge is 0.481 e. The molecule has 0 saturated heterocycles. The minimum atomic E-state index is -1.10. The van der Waals surface area contributed by atoms with Crippen molar-refractivity contribution in [3.05, 3.63) is 0 Å². The molecule has 0 spiro atoms. The molecule has 0 rings (SSSR count). The van der Waals surface area contributed by atoms with Gasteiger partial charge in [0, 0.05) is 20.7 Å². The Morgan fingerprint density at radius 2 is 2.08 bits per heavy atom. The molecular formula is C8H15NO4. The maximum atomic E-state index is 11.3. The second-order valence-electron chi connectivity index (χ2n) is 2.81. The zero-order chi connectivity index (χ0) is 10.4. The average Bonchev–Trinajstić information content (AvgIpc) is 2.11. The summed E-state index contributed by atoms with van der Waals surface area (Å²) < 4.78 is 4.76. The summed E-state index contributed by atoms with van der Waals surface area (Å²) in [7, 11) is 3.08. The number of nitrogens with zero attached hydrogens (tertiary/aromatic N) is 1. The number of amides is 1. The van der Waals surface area contributed by atoms with Crippen molar-refractivity contribution in [2.45, 2.75) is 6.92 Å². The maximum absolute atomic E-state index is 11.3. The fraction of sp³-hybridized carbons (Fsp3) is 0.750. The summed E-state index contributed by atoms with van der Waals surface area (Å²) in [4.78, 5) is 23.1. The van der Waals surface area contributed by atoms with Gasteiger partial charge in [0.05, 0.1) is 6.61 Å². The third kappa shape index (κ3) is 3.89. The molecule has 1 atom stereocenters. The minimum absolute atomic E-state index is 0.399. The van der Waals surface area contributed by atoms with E-state index in [9.17, 15) is 9.59 Å². The molecule has 0 aromatic carbocycles. The first kappa shape index (κ1) is 11.9. The molecule has 0 aromatic heterocycles. The Morgan fingerprint density at radius 1 is 1.54 bits per heavy atom. The van der Waals surface area contributed by atoms with E-state index in [4.69, 9.17) is 9.84 Å². The lowest BCUT2D eigenvalue weighted by Gasteiger charge is -2.18. The normalized spacial score (nSPS) is 12.2. The van der Waals surface area contributed by atoms with Crippen LogP contribution in [0.2, 0.25) is 0 Å². The highest BCUT2D eigenvalue weighted by Gasteiger charge is 2.23. The number of aliphatic carboxylic acids is 1. The highest BCUT2D eigenvalue weighted by atomic mass is 16.5. The summed E-state index contributed by atoms with van der Waals surface area (Å²) in [5.41, 5.74) is 0. The summed E-state index contributed by atoms with van der Waals surface area (Å²) in [6, 6.07) is 0. The number of carboxylic acids is 1. The SMILES string of the molecule is COCCN(C)C(=O)C(C)C(=O)O. The number of carbonyl (C=O) groups is 2. The van der Waals surface area contributed by atoms with E-state index in [0.29, 0.717) is 13.2 Å². The summed E-state index contributed by atoms with van der Waals surface area (Å²) in [5.74, 6) is -2.49. The predicted molar refractivity (Wildman–Crippen MR) is 46.3 cm³/mol. The van der Waals surface area contributed by atoms with Crippen molar-refractivity contribution in [1.29, 1.82) is 0 Å². The first-order chi connectivity index (χ1) is 6.00. The molecule has 76 valence electrons. The van der Waals surface area contributed by atoms with Crippen LogP contribution in [0.25, 0.3) is 0 Å². The van der Waals surface area contributed by atoms with Crippen LogP contribution in [0.15, 0.2) is 0 Å². The molecular weight excluding hydrogens is 174 g/mol. The molecule has 0 heterocycles. The van der Waals surface area contributed by atoms with Gasteiger partial charge >= 0.3 is 5.97 Å². The van der Waals surface area contributed by atoms with Crippen LogP contribution < -0.4 is 0 Å². The number of methoxy groups -OCH3 is 1. The van der Waals surface area contributed by atoms with Gasteiger partial charge in [-0.3, -0.25) is 9.59 Å². The fourth-order valence-electron chi connectivity index (χ4n) is 0.775. The van der Waals surface area contributed by atoms with Crippen LogP contribution in [0.1, 0.15) is 6.92 Å². The lowest BCUT2D eigenvalue weighted by atomic mass is 10.1.